The van der Waals surface area contributed by atoms with Crippen LogP contribution in [0.1, 0.15) is 62.0 Å². The smallest absolute Gasteiger partial charge is 0.231 e. The standard InChI is InChI=1S/C25H34FN5O3/c1-15(2)27-13-18(17-5-6-21(34-4)19(26)12-17)25(33)31-9-7-30(8-10-31)24-22-16(3)11-20(32)23(22)28-14-29-24/h5-6,12,14-16,18,20,27,32H,7-11,13H2,1-4H3/t16-,18-,20-/m1/s1. The van der Waals surface area contributed by atoms with Crippen molar-refractivity contribution in [3.63, 3.8) is 0 Å². The summed E-state index contributed by atoms with van der Waals surface area (Å²) in [4.78, 5) is 26.4. The number of ether oxygens (including phenoxy) is 1. The quantitative estimate of drug-likeness (QED) is 0.641. The fourth-order valence-corrected chi connectivity index (χ4v) is 4.91. The van der Waals surface area contributed by atoms with Gasteiger partial charge in [-0.3, -0.25) is 4.79 Å². The van der Waals surface area contributed by atoms with Crippen LogP contribution in [0, 0.1) is 5.82 Å². The van der Waals surface area contributed by atoms with Gasteiger partial charge in [-0.25, -0.2) is 14.4 Å². The number of nitrogens with zero attached hydrogens (tertiary/aromatic N) is 4. The third-order valence-electron chi connectivity index (χ3n) is 6.78. The molecule has 1 fully saturated rings. The first-order valence-corrected chi connectivity index (χ1v) is 11.9. The van der Waals surface area contributed by atoms with Crippen LogP contribution in [0.25, 0.3) is 0 Å². The van der Waals surface area contributed by atoms with Crippen LogP contribution < -0.4 is 15.0 Å². The van der Waals surface area contributed by atoms with E-state index in [-0.39, 0.29) is 23.6 Å². The van der Waals surface area contributed by atoms with E-state index in [1.165, 1.54) is 19.5 Å². The number of rotatable bonds is 7. The lowest BCUT2D eigenvalue weighted by atomic mass is 9.96. The van der Waals surface area contributed by atoms with Crippen LogP contribution >= 0.6 is 0 Å². The van der Waals surface area contributed by atoms with Crippen molar-refractivity contribution in [1.29, 1.82) is 0 Å². The highest BCUT2D eigenvalue weighted by molar-refractivity contribution is 5.84. The molecule has 1 aliphatic carbocycles. The number of hydrogen-bond acceptors (Lipinski definition) is 7. The molecule has 2 aliphatic rings. The van der Waals surface area contributed by atoms with E-state index in [0.29, 0.717) is 44.7 Å². The van der Waals surface area contributed by atoms with Crippen LogP contribution in [0.3, 0.4) is 0 Å². The number of carbonyl (C=O) groups excluding carboxylic acids is 1. The molecule has 8 nitrogen and oxygen atoms in total. The molecule has 184 valence electrons. The van der Waals surface area contributed by atoms with E-state index >= 15 is 0 Å². The van der Waals surface area contributed by atoms with Crippen molar-refractivity contribution in [2.45, 2.75) is 51.2 Å². The van der Waals surface area contributed by atoms with Gasteiger partial charge < -0.3 is 25.0 Å². The number of aromatic nitrogens is 2. The Morgan fingerprint density at radius 1 is 1.26 bits per heavy atom. The minimum absolute atomic E-state index is 0.0194. The Balaban J connectivity index is 1.49. The second kappa shape index (κ2) is 10.2. The molecule has 0 bridgehead atoms. The zero-order valence-electron chi connectivity index (χ0n) is 20.3. The molecular weight excluding hydrogens is 437 g/mol. The van der Waals surface area contributed by atoms with E-state index in [0.717, 1.165) is 17.1 Å². The Hall–Kier alpha value is -2.78. The maximum atomic E-state index is 14.4. The molecule has 2 heterocycles. The van der Waals surface area contributed by atoms with Crippen molar-refractivity contribution >= 4 is 11.7 Å². The highest BCUT2D eigenvalue weighted by atomic mass is 19.1. The first-order chi connectivity index (χ1) is 16.3. The highest BCUT2D eigenvalue weighted by Crippen LogP contribution is 2.42. The van der Waals surface area contributed by atoms with Crippen molar-refractivity contribution in [2.24, 2.45) is 0 Å². The Morgan fingerprint density at radius 2 is 2.00 bits per heavy atom. The SMILES string of the molecule is COc1ccc([C@@H](CNC(C)C)C(=O)N2CCN(c3ncnc4c3[C@H](C)C[C@H]4O)CC2)cc1F. The summed E-state index contributed by atoms with van der Waals surface area (Å²) in [5.74, 6) is 0.230. The molecule has 0 saturated carbocycles. The molecular formula is C25H34FN5O3. The lowest BCUT2D eigenvalue weighted by molar-refractivity contribution is -0.133. The first-order valence-electron chi connectivity index (χ1n) is 11.9. The average Bonchev–Trinajstić information content (AvgIpc) is 3.12. The van der Waals surface area contributed by atoms with Gasteiger partial charge in [-0.1, -0.05) is 26.8 Å². The molecule has 1 aromatic heterocycles. The summed E-state index contributed by atoms with van der Waals surface area (Å²) in [6.45, 7) is 8.93. The molecule has 3 atom stereocenters. The Labute approximate surface area is 200 Å². The zero-order valence-corrected chi connectivity index (χ0v) is 20.3. The zero-order chi connectivity index (χ0) is 24.4. The number of aliphatic hydroxyl groups excluding tert-OH is 1. The molecule has 2 N–H and O–H groups in total. The number of fused-ring (bicyclic) bond motifs is 1. The van der Waals surface area contributed by atoms with E-state index in [9.17, 15) is 14.3 Å². The van der Waals surface area contributed by atoms with E-state index < -0.39 is 17.8 Å². The first kappa shape index (κ1) is 24.3. The predicted molar refractivity (Wildman–Crippen MR) is 128 cm³/mol. The van der Waals surface area contributed by atoms with Gasteiger partial charge in [-0.05, 0) is 30.0 Å². The highest BCUT2D eigenvalue weighted by Gasteiger charge is 2.35. The van der Waals surface area contributed by atoms with E-state index in [1.54, 1.807) is 12.1 Å². The number of aliphatic hydroxyl groups is 1. The molecule has 0 radical (unpaired) electrons. The van der Waals surface area contributed by atoms with Crippen LogP contribution in [0.2, 0.25) is 0 Å². The van der Waals surface area contributed by atoms with Crippen LogP contribution in [0.5, 0.6) is 5.75 Å². The lowest BCUT2D eigenvalue weighted by Crippen LogP contribution is -2.51. The van der Waals surface area contributed by atoms with Gasteiger partial charge in [-0.2, -0.15) is 0 Å². The van der Waals surface area contributed by atoms with Gasteiger partial charge in [-0.15, -0.1) is 0 Å². The Bertz CT molecular complexity index is 1030. The number of amides is 1. The van der Waals surface area contributed by atoms with Gasteiger partial charge in [0.25, 0.3) is 0 Å². The van der Waals surface area contributed by atoms with E-state index in [1.807, 2.05) is 18.7 Å². The summed E-state index contributed by atoms with van der Waals surface area (Å²) in [5, 5.41) is 13.6. The van der Waals surface area contributed by atoms with Gasteiger partial charge in [0.15, 0.2) is 11.6 Å². The number of nitrogens with one attached hydrogen (secondary N) is 1. The van der Waals surface area contributed by atoms with Crippen LogP contribution in [-0.2, 0) is 4.79 Å². The maximum absolute atomic E-state index is 14.4. The predicted octanol–water partition coefficient (Wildman–Crippen LogP) is 2.60. The molecule has 0 unspecified atom stereocenters. The molecule has 0 spiro atoms. The second-order valence-corrected chi connectivity index (χ2v) is 9.47. The Morgan fingerprint density at radius 3 is 2.65 bits per heavy atom. The van der Waals surface area contributed by atoms with Gasteiger partial charge in [0.05, 0.1) is 24.8 Å². The maximum Gasteiger partial charge on any atom is 0.231 e. The summed E-state index contributed by atoms with van der Waals surface area (Å²) >= 11 is 0. The monoisotopic (exact) mass is 471 g/mol. The summed E-state index contributed by atoms with van der Waals surface area (Å²) in [6, 6.07) is 4.94. The second-order valence-electron chi connectivity index (χ2n) is 9.47. The van der Waals surface area contributed by atoms with E-state index in [2.05, 4.69) is 27.1 Å². The van der Waals surface area contributed by atoms with Crippen molar-refractivity contribution in [1.82, 2.24) is 20.2 Å². The van der Waals surface area contributed by atoms with Crippen LogP contribution in [0.4, 0.5) is 10.2 Å². The van der Waals surface area contributed by atoms with Crippen molar-refractivity contribution < 1.29 is 19.0 Å². The lowest BCUT2D eigenvalue weighted by Gasteiger charge is -2.38. The molecule has 4 rings (SSSR count). The molecule has 9 heteroatoms. The number of hydrogen-bond donors (Lipinski definition) is 2. The van der Waals surface area contributed by atoms with Gasteiger partial charge in [0.1, 0.15) is 12.1 Å². The summed E-state index contributed by atoms with van der Waals surface area (Å²) in [7, 11) is 1.43. The topological polar surface area (TPSA) is 90.8 Å². The average molecular weight is 472 g/mol. The van der Waals surface area contributed by atoms with Crippen LogP contribution in [0.15, 0.2) is 24.5 Å². The molecule has 2 aromatic rings. The fourth-order valence-electron chi connectivity index (χ4n) is 4.91. The number of halogens is 1. The van der Waals surface area contributed by atoms with Gasteiger partial charge in [0, 0.05) is 44.3 Å². The fraction of sp³-hybridized carbons (Fsp3) is 0.560. The molecule has 1 aromatic carbocycles. The van der Waals surface area contributed by atoms with Gasteiger partial charge >= 0.3 is 0 Å². The summed E-state index contributed by atoms with van der Waals surface area (Å²) in [6.07, 6.45) is 1.62. The van der Waals surface area contributed by atoms with Crippen molar-refractivity contribution in [2.75, 3.05) is 44.7 Å². The van der Waals surface area contributed by atoms with E-state index in [4.69, 9.17) is 4.74 Å². The summed E-state index contributed by atoms with van der Waals surface area (Å²) < 4.78 is 19.5. The third-order valence-corrected chi connectivity index (χ3v) is 6.78. The number of carbonyl (C=O) groups is 1. The normalized spacial score (nSPS) is 21.0. The molecule has 1 saturated heterocycles. The largest absolute Gasteiger partial charge is 0.494 e. The minimum atomic E-state index is -0.547. The molecule has 1 amide bonds. The number of benzene rings is 1. The number of methoxy groups -OCH3 is 1. The Kier molecular flexibility index (Phi) is 7.33. The summed E-state index contributed by atoms with van der Waals surface area (Å²) in [5.41, 5.74) is 2.37. The molecule has 34 heavy (non-hydrogen) atoms. The van der Waals surface area contributed by atoms with Gasteiger partial charge in [0.2, 0.25) is 5.91 Å². The molecule has 1 aliphatic heterocycles. The number of anilines is 1. The third kappa shape index (κ3) is 4.86. The number of piperazine rings is 1. The minimum Gasteiger partial charge on any atom is -0.494 e. The van der Waals surface area contributed by atoms with Crippen molar-refractivity contribution in [3.8, 4) is 5.75 Å². The van der Waals surface area contributed by atoms with Crippen LogP contribution in [-0.4, -0.2) is 71.8 Å². The van der Waals surface area contributed by atoms with Crippen molar-refractivity contribution in [3.05, 3.63) is 47.2 Å².